The van der Waals surface area contributed by atoms with Gasteiger partial charge in [-0.2, -0.15) is 0 Å². The van der Waals surface area contributed by atoms with Gasteiger partial charge in [-0.1, -0.05) is 76.5 Å². The molecule has 0 aromatic heterocycles. The van der Waals surface area contributed by atoms with Crippen molar-refractivity contribution in [3.8, 4) is 0 Å². The number of unbranched alkanes of at least 4 members (excludes halogenated alkanes) is 8. The van der Waals surface area contributed by atoms with Crippen LogP contribution in [0.2, 0.25) is 0 Å². The van der Waals surface area contributed by atoms with E-state index in [1.54, 1.807) is 0 Å². The molecule has 2 atom stereocenters. The van der Waals surface area contributed by atoms with Crippen molar-refractivity contribution in [2.45, 2.75) is 103 Å². The summed E-state index contributed by atoms with van der Waals surface area (Å²) < 4.78 is 6.03. The zero-order valence-corrected chi connectivity index (χ0v) is 19.5. The third kappa shape index (κ3) is 9.49. The molecule has 0 fully saturated rings. The first-order valence-corrected chi connectivity index (χ1v) is 12.8. The van der Waals surface area contributed by atoms with E-state index in [4.69, 9.17) is 15.6 Å². The van der Waals surface area contributed by atoms with Gasteiger partial charge >= 0.3 is 0 Å². The van der Waals surface area contributed by atoms with Crippen molar-refractivity contribution in [1.82, 2.24) is 0 Å². The van der Waals surface area contributed by atoms with Crippen molar-refractivity contribution in [2.24, 2.45) is 11.7 Å². The van der Waals surface area contributed by atoms with E-state index < -0.39 is 0 Å². The number of aryl methyl sites for hydroxylation is 1. The lowest BCUT2D eigenvalue weighted by Crippen LogP contribution is -2.20. The van der Waals surface area contributed by atoms with Gasteiger partial charge in [0.2, 0.25) is 0 Å². The summed E-state index contributed by atoms with van der Waals surface area (Å²) in [6.45, 7) is 5.11. The molecular formula is C27H47NO2. The van der Waals surface area contributed by atoms with Crippen LogP contribution in [0, 0.1) is 5.92 Å². The number of aliphatic hydroxyl groups is 1. The van der Waals surface area contributed by atoms with Gasteiger partial charge in [-0.15, -0.1) is 0 Å². The van der Waals surface area contributed by atoms with E-state index in [9.17, 15) is 0 Å². The van der Waals surface area contributed by atoms with E-state index in [1.807, 2.05) is 0 Å². The molecule has 0 heterocycles. The summed E-state index contributed by atoms with van der Waals surface area (Å²) in [5, 5.41) is 9.02. The van der Waals surface area contributed by atoms with Crippen LogP contribution in [0.4, 0.5) is 0 Å². The summed E-state index contributed by atoms with van der Waals surface area (Å²) in [6.07, 6.45) is 17.4. The van der Waals surface area contributed by atoms with Gasteiger partial charge in [0.1, 0.15) is 0 Å². The molecule has 0 spiro atoms. The number of nitrogens with two attached hydrogens (primary N) is 1. The standard InChI is InChI=1S/C27H47NO2/c1-2-3-4-5-6-7-8-11-18-30-22-23-13-14-25-20-26(16-15-24(25)19-23)27(21-28)12-9-10-17-29/h15-16,20,23,27,29H,2-14,17-19,21-22,28H2,1H3/t23-,27-/m0/s1. The van der Waals surface area contributed by atoms with Gasteiger partial charge < -0.3 is 15.6 Å². The minimum atomic E-state index is 0.282. The third-order valence-corrected chi connectivity index (χ3v) is 6.77. The summed E-state index contributed by atoms with van der Waals surface area (Å²) in [5.74, 6) is 1.10. The third-order valence-electron chi connectivity index (χ3n) is 6.77. The van der Waals surface area contributed by atoms with Gasteiger partial charge in [-0.3, -0.25) is 0 Å². The second kappa shape index (κ2) is 15.8. The molecule has 0 saturated carbocycles. The SMILES string of the molecule is CCCCCCCCCCOC[C@H]1CCc2cc([C@H](CN)CCCCO)ccc2C1. The van der Waals surface area contributed by atoms with Gasteiger partial charge in [-0.05, 0) is 73.6 Å². The van der Waals surface area contributed by atoms with Crippen molar-refractivity contribution in [2.75, 3.05) is 26.4 Å². The summed E-state index contributed by atoms with van der Waals surface area (Å²) in [6, 6.07) is 7.03. The Morgan fingerprint density at radius 2 is 1.77 bits per heavy atom. The lowest BCUT2D eigenvalue weighted by atomic mass is 9.81. The maximum atomic E-state index is 9.02. The van der Waals surface area contributed by atoms with Gasteiger partial charge in [0.15, 0.2) is 0 Å². The molecule has 0 aliphatic heterocycles. The molecule has 1 aromatic carbocycles. The van der Waals surface area contributed by atoms with E-state index >= 15 is 0 Å². The second-order valence-electron chi connectivity index (χ2n) is 9.34. The van der Waals surface area contributed by atoms with Crippen LogP contribution in [0.15, 0.2) is 18.2 Å². The maximum absolute atomic E-state index is 9.02. The minimum absolute atomic E-state index is 0.282. The molecule has 3 N–H and O–H groups in total. The normalized spacial score (nSPS) is 17.1. The molecule has 3 nitrogen and oxygen atoms in total. The van der Waals surface area contributed by atoms with Crippen LogP contribution in [0.5, 0.6) is 0 Å². The molecule has 2 rings (SSSR count). The zero-order chi connectivity index (χ0) is 21.4. The molecule has 0 radical (unpaired) electrons. The van der Waals surface area contributed by atoms with Crippen LogP contribution in [-0.4, -0.2) is 31.5 Å². The van der Waals surface area contributed by atoms with Gasteiger partial charge in [0, 0.05) is 19.8 Å². The van der Waals surface area contributed by atoms with Crippen LogP contribution in [0.1, 0.15) is 107 Å². The molecule has 1 aromatic rings. The Bertz CT molecular complexity index is 560. The average molecular weight is 418 g/mol. The van der Waals surface area contributed by atoms with Gasteiger partial charge in [0.05, 0.1) is 0 Å². The van der Waals surface area contributed by atoms with Crippen LogP contribution in [0.3, 0.4) is 0 Å². The molecule has 1 aliphatic rings. The number of fused-ring (bicyclic) bond motifs is 1. The monoisotopic (exact) mass is 417 g/mol. The molecule has 1 aliphatic carbocycles. The molecular weight excluding hydrogens is 370 g/mol. The van der Waals surface area contributed by atoms with Crippen molar-refractivity contribution in [3.05, 3.63) is 34.9 Å². The Hall–Kier alpha value is -0.900. The quantitative estimate of drug-likeness (QED) is 0.299. The first-order chi connectivity index (χ1) is 14.8. The number of rotatable bonds is 17. The van der Waals surface area contributed by atoms with Crippen molar-refractivity contribution < 1.29 is 9.84 Å². The highest BCUT2D eigenvalue weighted by Gasteiger charge is 2.20. The minimum Gasteiger partial charge on any atom is -0.396 e. The van der Waals surface area contributed by atoms with E-state index in [-0.39, 0.29) is 6.61 Å². The number of benzene rings is 1. The zero-order valence-electron chi connectivity index (χ0n) is 19.5. The molecule has 0 saturated heterocycles. The Balaban J connectivity index is 1.63. The van der Waals surface area contributed by atoms with Crippen LogP contribution in [0.25, 0.3) is 0 Å². The highest BCUT2D eigenvalue weighted by atomic mass is 16.5. The molecule has 0 amide bonds. The molecule has 172 valence electrons. The highest BCUT2D eigenvalue weighted by molar-refractivity contribution is 5.36. The van der Waals surface area contributed by atoms with Gasteiger partial charge in [-0.25, -0.2) is 0 Å². The number of ether oxygens (including phenoxy) is 1. The summed E-state index contributed by atoms with van der Waals surface area (Å²) >= 11 is 0. The van der Waals surface area contributed by atoms with Crippen molar-refractivity contribution in [3.63, 3.8) is 0 Å². The highest BCUT2D eigenvalue weighted by Crippen LogP contribution is 2.30. The Morgan fingerprint density at radius 1 is 1.00 bits per heavy atom. The van der Waals surface area contributed by atoms with Crippen LogP contribution in [-0.2, 0) is 17.6 Å². The Kier molecular flexibility index (Phi) is 13.4. The number of hydrogen-bond donors (Lipinski definition) is 2. The van der Waals surface area contributed by atoms with Crippen LogP contribution < -0.4 is 5.73 Å². The van der Waals surface area contributed by atoms with Crippen molar-refractivity contribution >= 4 is 0 Å². The number of hydrogen-bond acceptors (Lipinski definition) is 3. The molecule has 0 bridgehead atoms. The summed E-state index contributed by atoms with van der Waals surface area (Å²) in [4.78, 5) is 0. The topological polar surface area (TPSA) is 55.5 Å². The average Bonchev–Trinajstić information content (AvgIpc) is 2.77. The van der Waals surface area contributed by atoms with Gasteiger partial charge in [0.25, 0.3) is 0 Å². The fraction of sp³-hybridized carbons (Fsp3) is 0.778. The lowest BCUT2D eigenvalue weighted by Gasteiger charge is -2.26. The fourth-order valence-corrected chi connectivity index (χ4v) is 4.76. The number of aliphatic hydroxyl groups excluding tert-OH is 1. The Labute approximate surface area is 185 Å². The summed E-state index contributed by atoms with van der Waals surface area (Å²) in [7, 11) is 0. The predicted molar refractivity (Wildman–Crippen MR) is 128 cm³/mol. The fourth-order valence-electron chi connectivity index (χ4n) is 4.76. The first-order valence-electron chi connectivity index (χ1n) is 12.8. The van der Waals surface area contributed by atoms with Crippen LogP contribution >= 0.6 is 0 Å². The smallest absolute Gasteiger partial charge is 0.0497 e. The summed E-state index contributed by atoms with van der Waals surface area (Å²) in [5.41, 5.74) is 10.5. The van der Waals surface area contributed by atoms with E-state index in [0.717, 1.165) is 38.9 Å². The Morgan fingerprint density at radius 3 is 2.50 bits per heavy atom. The van der Waals surface area contributed by atoms with E-state index in [2.05, 4.69) is 25.1 Å². The maximum Gasteiger partial charge on any atom is 0.0497 e. The predicted octanol–water partition coefficient (Wildman–Crippen LogP) is 6.15. The first kappa shape index (κ1) is 25.4. The van der Waals surface area contributed by atoms with E-state index in [0.29, 0.717) is 18.4 Å². The van der Waals surface area contributed by atoms with E-state index in [1.165, 1.54) is 80.9 Å². The second-order valence-corrected chi connectivity index (χ2v) is 9.34. The lowest BCUT2D eigenvalue weighted by molar-refractivity contribution is 0.0911. The molecule has 3 heteroatoms. The molecule has 0 unspecified atom stereocenters. The largest absolute Gasteiger partial charge is 0.396 e. The molecule has 30 heavy (non-hydrogen) atoms. The van der Waals surface area contributed by atoms with Crippen molar-refractivity contribution in [1.29, 1.82) is 0 Å².